The number of halogens is 2. The summed E-state index contributed by atoms with van der Waals surface area (Å²) in [7, 11) is 0. The third-order valence-corrected chi connectivity index (χ3v) is 5.04. The number of carbonyl (C=O) groups is 2. The maximum absolute atomic E-state index is 13.7. The Morgan fingerprint density at radius 1 is 1.13 bits per heavy atom. The molecule has 0 aliphatic carbocycles. The van der Waals surface area contributed by atoms with Crippen molar-refractivity contribution in [1.29, 1.82) is 0 Å². The van der Waals surface area contributed by atoms with Crippen LogP contribution in [-0.2, 0) is 9.59 Å². The first-order chi connectivity index (χ1) is 14.3. The van der Waals surface area contributed by atoms with Gasteiger partial charge in [0.05, 0.1) is 23.4 Å². The standard InChI is InChI=1S/C21H18BrFN2O4S/c1-3-28-17-11-18(29-4-2)16(22)9-12(17)8-15-19(26)24-21(30)25(20(15)27)14-7-5-6-13(23)10-14/h5-11H,3-4H2,1-2H3,(H,24,26,30). The predicted molar refractivity (Wildman–Crippen MR) is 119 cm³/mol. The van der Waals surface area contributed by atoms with Crippen LogP contribution in [0.4, 0.5) is 10.1 Å². The molecule has 0 unspecified atom stereocenters. The van der Waals surface area contributed by atoms with E-state index in [9.17, 15) is 14.0 Å². The number of rotatable bonds is 6. The predicted octanol–water partition coefficient (Wildman–Crippen LogP) is 4.22. The van der Waals surface area contributed by atoms with Gasteiger partial charge in [-0.3, -0.25) is 19.8 Å². The second kappa shape index (κ2) is 9.36. The van der Waals surface area contributed by atoms with E-state index in [2.05, 4.69) is 21.2 Å². The molecule has 2 aromatic rings. The van der Waals surface area contributed by atoms with E-state index >= 15 is 0 Å². The molecular weight excluding hydrogens is 475 g/mol. The van der Waals surface area contributed by atoms with Crippen molar-refractivity contribution < 1.29 is 23.5 Å². The number of carbonyl (C=O) groups excluding carboxylic acids is 2. The van der Waals surface area contributed by atoms with Gasteiger partial charge in [-0.05, 0) is 72.3 Å². The number of hydrogen-bond donors (Lipinski definition) is 1. The summed E-state index contributed by atoms with van der Waals surface area (Å²) in [6.07, 6.45) is 1.41. The summed E-state index contributed by atoms with van der Waals surface area (Å²) in [5.74, 6) is -0.820. The molecule has 1 saturated heterocycles. The van der Waals surface area contributed by atoms with Crippen LogP contribution < -0.4 is 19.7 Å². The van der Waals surface area contributed by atoms with Crippen LogP contribution in [0, 0.1) is 5.82 Å². The fourth-order valence-corrected chi connectivity index (χ4v) is 3.63. The molecule has 0 bridgehead atoms. The summed E-state index contributed by atoms with van der Waals surface area (Å²) in [6.45, 7) is 4.52. The molecule has 0 atom stereocenters. The Hall–Kier alpha value is -2.78. The molecule has 1 N–H and O–H groups in total. The molecular formula is C21H18BrFN2O4S. The minimum atomic E-state index is -0.665. The molecule has 0 spiro atoms. The summed E-state index contributed by atoms with van der Waals surface area (Å²) in [5, 5.41) is 2.36. The van der Waals surface area contributed by atoms with Crippen molar-refractivity contribution in [3.63, 3.8) is 0 Å². The van der Waals surface area contributed by atoms with Crippen LogP contribution in [0.25, 0.3) is 6.08 Å². The SMILES string of the molecule is CCOc1cc(OCC)c(C=C2C(=O)NC(=S)N(c3cccc(F)c3)C2=O)cc1Br. The van der Waals surface area contributed by atoms with Crippen LogP contribution in [0.2, 0.25) is 0 Å². The first kappa shape index (κ1) is 21.9. The Bertz CT molecular complexity index is 1060. The van der Waals surface area contributed by atoms with E-state index in [1.54, 1.807) is 12.1 Å². The third kappa shape index (κ3) is 4.52. The molecule has 1 aliphatic heterocycles. The lowest BCUT2D eigenvalue weighted by atomic mass is 10.1. The lowest BCUT2D eigenvalue weighted by molar-refractivity contribution is -0.122. The minimum Gasteiger partial charge on any atom is -0.493 e. The molecule has 0 aromatic heterocycles. The van der Waals surface area contributed by atoms with Gasteiger partial charge >= 0.3 is 0 Å². The summed E-state index contributed by atoms with van der Waals surface area (Å²) in [4.78, 5) is 26.7. The highest BCUT2D eigenvalue weighted by Crippen LogP contribution is 2.35. The number of anilines is 1. The first-order valence-corrected chi connectivity index (χ1v) is 10.3. The molecule has 2 amide bonds. The maximum Gasteiger partial charge on any atom is 0.270 e. The van der Waals surface area contributed by atoms with Gasteiger partial charge in [0.25, 0.3) is 11.8 Å². The van der Waals surface area contributed by atoms with Gasteiger partial charge in [0.15, 0.2) is 5.11 Å². The Labute approximate surface area is 186 Å². The first-order valence-electron chi connectivity index (χ1n) is 9.11. The summed E-state index contributed by atoms with van der Waals surface area (Å²) in [5.41, 5.74) is 0.552. The fourth-order valence-electron chi connectivity index (χ4n) is 2.87. The van der Waals surface area contributed by atoms with Gasteiger partial charge in [0, 0.05) is 11.6 Å². The van der Waals surface area contributed by atoms with Crippen molar-refractivity contribution >= 4 is 56.8 Å². The van der Waals surface area contributed by atoms with Crippen molar-refractivity contribution in [1.82, 2.24) is 5.32 Å². The van der Waals surface area contributed by atoms with E-state index in [0.29, 0.717) is 34.7 Å². The zero-order chi connectivity index (χ0) is 21.8. The van der Waals surface area contributed by atoms with Crippen molar-refractivity contribution in [3.05, 3.63) is 57.8 Å². The molecule has 3 rings (SSSR count). The Kier molecular flexibility index (Phi) is 6.84. The van der Waals surface area contributed by atoms with Crippen LogP contribution in [0.15, 0.2) is 46.4 Å². The Balaban J connectivity index is 2.07. The van der Waals surface area contributed by atoms with Crippen LogP contribution in [0.3, 0.4) is 0 Å². The van der Waals surface area contributed by atoms with Crippen molar-refractivity contribution in [3.8, 4) is 11.5 Å². The van der Waals surface area contributed by atoms with Gasteiger partial charge in [0.1, 0.15) is 22.9 Å². The zero-order valence-electron chi connectivity index (χ0n) is 16.2. The van der Waals surface area contributed by atoms with Crippen LogP contribution in [0.1, 0.15) is 19.4 Å². The Morgan fingerprint density at radius 3 is 2.50 bits per heavy atom. The number of thiocarbonyl (C=S) groups is 1. The van der Waals surface area contributed by atoms with Crippen molar-refractivity contribution in [2.45, 2.75) is 13.8 Å². The largest absolute Gasteiger partial charge is 0.493 e. The van der Waals surface area contributed by atoms with Gasteiger partial charge in [-0.2, -0.15) is 0 Å². The van der Waals surface area contributed by atoms with Crippen LogP contribution in [-0.4, -0.2) is 30.1 Å². The van der Waals surface area contributed by atoms with Gasteiger partial charge in [0.2, 0.25) is 0 Å². The van der Waals surface area contributed by atoms with E-state index in [-0.39, 0.29) is 16.4 Å². The molecule has 0 saturated carbocycles. The quantitative estimate of drug-likeness (QED) is 0.371. The Morgan fingerprint density at radius 2 is 1.83 bits per heavy atom. The molecule has 2 aromatic carbocycles. The summed E-state index contributed by atoms with van der Waals surface area (Å²) < 4.78 is 25.5. The number of nitrogens with zero attached hydrogens (tertiary/aromatic N) is 1. The smallest absolute Gasteiger partial charge is 0.270 e. The van der Waals surface area contributed by atoms with E-state index in [1.165, 1.54) is 30.3 Å². The second-order valence-corrected chi connectivity index (χ2v) is 7.37. The molecule has 1 fully saturated rings. The highest BCUT2D eigenvalue weighted by atomic mass is 79.9. The lowest BCUT2D eigenvalue weighted by Gasteiger charge is -2.29. The molecule has 156 valence electrons. The second-order valence-electron chi connectivity index (χ2n) is 6.12. The molecule has 30 heavy (non-hydrogen) atoms. The number of nitrogens with one attached hydrogen (secondary N) is 1. The zero-order valence-corrected chi connectivity index (χ0v) is 18.6. The number of hydrogen-bond acceptors (Lipinski definition) is 5. The average Bonchev–Trinajstić information content (AvgIpc) is 2.68. The lowest BCUT2D eigenvalue weighted by Crippen LogP contribution is -2.54. The number of ether oxygens (including phenoxy) is 2. The van der Waals surface area contributed by atoms with Crippen LogP contribution >= 0.6 is 28.1 Å². The molecule has 9 heteroatoms. The topological polar surface area (TPSA) is 67.9 Å². The average molecular weight is 493 g/mol. The number of benzene rings is 2. The van der Waals surface area contributed by atoms with Gasteiger partial charge < -0.3 is 9.47 Å². The van der Waals surface area contributed by atoms with Crippen molar-refractivity contribution in [2.24, 2.45) is 0 Å². The minimum absolute atomic E-state index is 0.120. The van der Waals surface area contributed by atoms with Crippen molar-refractivity contribution in [2.75, 3.05) is 18.1 Å². The van der Waals surface area contributed by atoms with E-state index in [4.69, 9.17) is 21.7 Å². The fraction of sp³-hybridized carbons (Fsp3) is 0.190. The normalized spacial score (nSPS) is 15.4. The van der Waals surface area contributed by atoms with E-state index in [1.807, 2.05) is 13.8 Å². The van der Waals surface area contributed by atoms with Gasteiger partial charge in [-0.25, -0.2) is 4.39 Å². The van der Waals surface area contributed by atoms with Gasteiger partial charge in [-0.15, -0.1) is 0 Å². The highest BCUT2D eigenvalue weighted by molar-refractivity contribution is 9.10. The summed E-state index contributed by atoms with van der Waals surface area (Å²) in [6, 6.07) is 8.78. The summed E-state index contributed by atoms with van der Waals surface area (Å²) >= 11 is 8.56. The van der Waals surface area contributed by atoms with Crippen LogP contribution in [0.5, 0.6) is 11.5 Å². The third-order valence-electron chi connectivity index (χ3n) is 4.13. The number of amides is 2. The van der Waals surface area contributed by atoms with E-state index < -0.39 is 17.6 Å². The monoisotopic (exact) mass is 492 g/mol. The molecule has 6 nitrogen and oxygen atoms in total. The maximum atomic E-state index is 13.7. The molecule has 1 heterocycles. The van der Waals surface area contributed by atoms with Gasteiger partial charge in [-0.1, -0.05) is 6.07 Å². The molecule has 1 aliphatic rings. The van der Waals surface area contributed by atoms with E-state index in [0.717, 1.165) is 4.90 Å². The highest BCUT2D eigenvalue weighted by Gasteiger charge is 2.35. The molecule has 0 radical (unpaired) electrons.